The van der Waals surface area contributed by atoms with Crippen LogP contribution in [-0.2, 0) is 4.79 Å². The van der Waals surface area contributed by atoms with E-state index in [2.05, 4.69) is 22.3 Å². The first kappa shape index (κ1) is 16.4. The van der Waals surface area contributed by atoms with Gasteiger partial charge in [-0.3, -0.25) is 10.0 Å². The van der Waals surface area contributed by atoms with Crippen LogP contribution in [0.25, 0.3) is 21.3 Å². The monoisotopic (exact) mass is 361 g/mol. The molecular weight excluding hydrogens is 346 g/mol. The van der Waals surface area contributed by atoms with Gasteiger partial charge in [-0.25, -0.2) is 5.48 Å². The van der Waals surface area contributed by atoms with Crippen LogP contribution in [-0.4, -0.2) is 21.3 Å². The first-order valence-electron chi connectivity index (χ1n) is 8.08. The van der Waals surface area contributed by atoms with Crippen molar-refractivity contribution in [3.63, 3.8) is 0 Å². The fourth-order valence-electron chi connectivity index (χ4n) is 2.91. The summed E-state index contributed by atoms with van der Waals surface area (Å²) in [6, 6.07) is 23.4. The number of nitrogens with zero attached hydrogens (tertiary/aromatic N) is 2. The lowest BCUT2D eigenvalue weighted by atomic mass is 9.99. The highest BCUT2D eigenvalue weighted by molar-refractivity contribution is 7.14. The average molecular weight is 361 g/mol. The highest BCUT2D eigenvalue weighted by Gasteiger charge is 2.26. The van der Waals surface area contributed by atoms with Crippen molar-refractivity contribution in [2.24, 2.45) is 0 Å². The summed E-state index contributed by atoms with van der Waals surface area (Å²) in [7, 11) is 0. The molecule has 1 unspecified atom stereocenters. The van der Waals surface area contributed by atoms with Gasteiger partial charge in [0.15, 0.2) is 0 Å². The van der Waals surface area contributed by atoms with E-state index in [1.165, 1.54) is 11.3 Å². The smallest absolute Gasteiger partial charge is 0.257 e. The third-order valence-corrected chi connectivity index (χ3v) is 5.23. The van der Waals surface area contributed by atoms with Crippen molar-refractivity contribution in [2.45, 2.75) is 5.92 Å². The normalized spacial score (nSPS) is 12.0. The van der Waals surface area contributed by atoms with Gasteiger partial charge in [0.05, 0.1) is 0 Å². The van der Waals surface area contributed by atoms with E-state index in [1.807, 2.05) is 60.7 Å². The predicted octanol–water partition coefficient (Wildman–Crippen LogP) is 4.00. The van der Waals surface area contributed by atoms with Crippen molar-refractivity contribution in [3.8, 4) is 10.6 Å². The molecule has 4 aromatic rings. The lowest BCUT2D eigenvalue weighted by Crippen LogP contribution is -2.27. The quantitative estimate of drug-likeness (QED) is 0.426. The molecule has 6 heteroatoms. The molecule has 0 fully saturated rings. The number of nitrogens with one attached hydrogen (secondary N) is 1. The Morgan fingerprint density at radius 2 is 1.65 bits per heavy atom. The number of aromatic nitrogens is 2. The Morgan fingerprint density at radius 1 is 0.923 bits per heavy atom. The summed E-state index contributed by atoms with van der Waals surface area (Å²) in [5.74, 6) is -1.23. The molecule has 0 saturated heterocycles. The summed E-state index contributed by atoms with van der Waals surface area (Å²) < 4.78 is 0. The minimum atomic E-state index is -0.701. The van der Waals surface area contributed by atoms with E-state index in [4.69, 9.17) is 5.21 Å². The molecule has 0 aliphatic rings. The number of hydroxylamine groups is 1. The van der Waals surface area contributed by atoms with Gasteiger partial charge in [-0.05, 0) is 22.4 Å². The number of carbonyl (C=O) groups excluding carboxylic acids is 1. The van der Waals surface area contributed by atoms with Crippen molar-refractivity contribution in [2.75, 3.05) is 0 Å². The third-order valence-electron chi connectivity index (χ3n) is 4.19. The summed E-state index contributed by atoms with van der Waals surface area (Å²) in [5.41, 5.74) is 3.43. The molecule has 0 aliphatic carbocycles. The molecule has 26 heavy (non-hydrogen) atoms. The van der Waals surface area contributed by atoms with E-state index in [0.717, 1.165) is 26.9 Å². The fourth-order valence-corrected chi connectivity index (χ4v) is 3.87. The van der Waals surface area contributed by atoms with Crippen LogP contribution in [0.1, 0.15) is 16.5 Å². The first-order valence-corrected chi connectivity index (χ1v) is 8.89. The van der Waals surface area contributed by atoms with Crippen molar-refractivity contribution in [1.29, 1.82) is 0 Å². The Balaban J connectivity index is 1.74. The molecule has 3 aromatic carbocycles. The van der Waals surface area contributed by atoms with Gasteiger partial charge in [0.2, 0.25) is 0 Å². The number of hydrogen-bond acceptors (Lipinski definition) is 5. The lowest BCUT2D eigenvalue weighted by Gasteiger charge is -2.11. The van der Waals surface area contributed by atoms with Gasteiger partial charge in [0.25, 0.3) is 5.91 Å². The second-order valence-corrected chi connectivity index (χ2v) is 6.84. The minimum Gasteiger partial charge on any atom is -0.289 e. The zero-order valence-corrected chi connectivity index (χ0v) is 14.5. The van der Waals surface area contributed by atoms with Crippen molar-refractivity contribution >= 4 is 28.0 Å². The fraction of sp³-hybridized carbons (Fsp3) is 0.0500. The molecule has 1 heterocycles. The summed E-state index contributed by atoms with van der Waals surface area (Å²) in [5, 5.41) is 21.1. The van der Waals surface area contributed by atoms with Crippen LogP contribution in [0.5, 0.6) is 0 Å². The largest absolute Gasteiger partial charge is 0.289 e. The van der Waals surface area contributed by atoms with E-state index < -0.39 is 11.8 Å². The summed E-state index contributed by atoms with van der Waals surface area (Å²) in [6.45, 7) is 0. The highest BCUT2D eigenvalue weighted by Crippen LogP contribution is 2.32. The molecule has 1 aromatic heterocycles. The van der Waals surface area contributed by atoms with Crippen LogP contribution >= 0.6 is 11.3 Å². The van der Waals surface area contributed by atoms with Crippen LogP contribution in [0, 0.1) is 0 Å². The Kier molecular flexibility index (Phi) is 4.43. The number of hydrogen-bond donors (Lipinski definition) is 2. The zero-order chi connectivity index (χ0) is 17.9. The molecule has 0 aliphatic heterocycles. The Labute approximate surface area is 153 Å². The van der Waals surface area contributed by atoms with Gasteiger partial charge in [0.1, 0.15) is 15.9 Å². The van der Waals surface area contributed by atoms with Crippen LogP contribution in [0.2, 0.25) is 0 Å². The Hall–Kier alpha value is -3.09. The maximum absolute atomic E-state index is 12.2. The van der Waals surface area contributed by atoms with Gasteiger partial charge in [-0.15, -0.1) is 10.2 Å². The standard InChI is InChI=1S/C20H15N3O2S/c24-18(23-25)17(14-7-2-1-3-8-14)20-22-21-19(26-20)16-11-10-13-6-4-5-9-15(13)12-16/h1-12,17,25H,(H,23,24). The van der Waals surface area contributed by atoms with Crippen molar-refractivity contribution in [1.82, 2.24) is 15.7 Å². The second-order valence-electron chi connectivity index (χ2n) is 5.83. The zero-order valence-electron chi connectivity index (χ0n) is 13.7. The maximum atomic E-state index is 12.2. The van der Waals surface area contributed by atoms with E-state index in [1.54, 1.807) is 5.48 Å². The van der Waals surface area contributed by atoms with E-state index in [-0.39, 0.29) is 0 Å². The molecule has 0 bridgehead atoms. The molecule has 1 amide bonds. The number of amides is 1. The second kappa shape index (κ2) is 7.03. The maximum Gasteiger partial charge on any atom is 0.257 e. The van der Waals surface area contributed by atoms with E-state index >= 15 is 0 Å². The topological polar surface area (TPSA) is 75.1 Å². The third kappa shape index (κ3) is 3.08. The molecule has 5 nitrogen and oxygen atoms in total. The van der Waals surface area contributed by atoms with Crippen LogP contribution in [0.4, 0.5) is 0 Å². The molecule has 0 radical (unpaired) electrons. The molecule has 2 N–H and O–H groups in total. The Bertz CT molecular complexity index is 1060. The number of rotatable bonds is 4. The SMILES string of the molecule is O=C(NO)C(c1ccccc1)c1nnc(-c2ccc3ccccc3c2)s1. The van der Waals surface area contributed by atoms with E-state index in [0.29, 0.717) is 5.01 Å². The summed E-state index contributed by atoms with van der Waals surface area (Å²) in [4.78, 5) is 12.2. The number of benzene rings is 3. The highest BCUT2D eigenvalue weighted by atomic mass is 32.1. The molecule has 0 saturated carbocycles. The molecular formula is C20H15N3O2S. The molecule has 128 valence electrons. The van der Waals surface area contributed by atoms with Crippen LogP contribution < -0.4 is 5.48 Å². The van der Waals surface area contributed by atoms with Gasteiger partial charge in [0, 0.05) is 5.56 Å². The van der Waals surface area contributed by atoms with Crippen molar-refractivity contribution < 1.29 is 10.0 Å². The van der Waals surface area contributed by atoms with Crippen LogP contribution in [0.15, 0.2) is 72.8 Å². The van der Waals surface area contributed by atoms with Gasteiger partial charge < -0.3 is 0 Å². The number of fused-ring (bicyclic) bond motifs is 1. The average Bonchev–Trinajstić information content (AvgIpc) is 3.18. The van der Waals surface area contributed by atoms with Crippen LogP contribution in [0.3, 0.4) is 0 Å². The predicted molar refractivity (Wildman–Crippen MR) is 101 cm³/mol. The van der Waals surface area contributed by atoms with Gasteiger partial charge >= 0.3 is 0 Å². The number of carbonyl (C=O) groups is 1. The molecule has 1 atom stereocenters. The van der Waals surface area contributed by atoms with Gasteiger partial charge in [-0.1, -0.05) is 78.1 Å². The molecule has 0 spiro atoms. The lowest BCUT2D eigenvalue weighted by molar-refractivity contribution is -0.129. The van der Waals surface area contributed by atoms with Gasteiger partial charge in [-0.2, -0.15) is 0 Å². The molecule has 4 rings (SSSR count). The first-order chi connectivity index (χ1) is 12.8. The Morgan fingerprint density at radius 3 is 2.42 bits per heavy atom. The minimum absolute atomic E-state index is 0.530. The summed E-state index contributed by atoms with van der Waals surface area (Å²) >= 11 is 1.35. The van der Waals surface area contributed by atoms with Crippen molar-refractivity contribution in [3.05, 3.63) is 83.4 Å². The summed E-state index contributed by atoms with van der Waals surface area (Å²) in [6.07, 6.45) is 0. The van der Waals surface area contributed by atoms with E-state index in [9.17, 15) is 4.79 Å².